The number of carbonyl (C=O) groups excluding carboxylic acids is 7. The normalized spacial score (nSPS) is 27.4. The van der Waals surface area contributed by atoms with Crippen molar-refractivity contribution < 1.29 is 83.9 Å². The van der Waals surface area contributed by atoms with Crippen molar-refractivity contribution in [1.29, 1.82) is 0 Å². The molecule has 0 saturated carbocycles. The maximum absolute atomic E-state index is 14.8. The number of nitrogens with one attached hydrogen (secondary N) is 5. The monoisotopic (exact) mass is 1240 g/mol. The van der Waals surface area contributed by atoms with Gasteiger partial charge in [0.25, 0.3) is 5.91 Å². The number of rotatable bonds is 18. The Morgan fingerprint density at radius 3 is 1.78 bits per heavy atom. The van der Waals surface area contributed by atoms with E-state index in [9.17, 15) is 74.4 Å². The molecule has 4 aliphatic rings. The van der Waals surface area contributed by atoms with E-state index in [1.54, 1.807) is 12.1 Å². The number of fused-ring (bicyclic) bond motifs is 2. The highest BCUT2D eigenvalue weighted by molar-refractivity contribution is 6.00. The number of phenols is 1. The summed E-state index contributed by atoms with van der Waals surface area (Å²) in [6.07, 6.45) is -10.7. The molecule has 4 heterocycles. The van der Waals surface area contributed by atoms with Gasteiger partial charge in [-0.2, -0.15) is 0 Å². The van der Waals surface area contributed by atoms with Crippen molar-refractivity contribution in [3.63, 3.8) is 0 Å². The first-order valence-electron chi connectivity index (χ1n) is 30.5. The molecule has 7 amide bonds. The molecular formula is C64H84N8O17. The summed E-state index contributed by atoms with van der Waals surface area (Å²) >= 11 is 0. The van der Waals surface area contributed by atoms with Crippen molar-refractivity contribution in [2.75, 3.05) is 45.9 Å². The van der Waals surface area contributed by atoms with Crippen LogP contribution in [0.1, 0.15) is 94.7 Å². The van der Waals surface area contributed by atoms with Crippen LogP contribution in [-0.4, -0.2) is 222 Å². The number of aliphatic hydroxyl groups is 7. The second-order valence-electron chi connectivity index (χ2n) is 23.7. The molecule has 25 heteroatoms. The maximum atomic E-state index is 14.8. The van der Waals surface area contributed by atoms with E-state index in [0.717, 1.165) is 96.8 Å². The molecule has 89 heavy (non-hydrogen) atoms. The lowest BCUT2D eigenvalue weighted by Gasteiger charge is -2.34. The van der Waals surface area contributed by atoms with Crippen molar-refractivity contribution in [3.05, 3.63) is 108 Å². The standard InChI is InChI=1S/C64H84N8O17/c1-5-6-9-29-88-46-24-20-41(21-25-46)39-12-10-38(11-13-39)40-14-16-43(17-15-40)57(81)65-47-32-49(77)62(89-30-28-70-26-7-8-27-70)69-61(85)53-54(78)35(2)33-72(53)64(87)51(37(4)74)67-60(84)52(56(80)55(79)42-18-22-44(75)23-19-42)68-59(83)48-31-45(76)34-71(48)63(86)50(36(3)73)66-58(47)82/h10-25,35-37,45,47-56,62,73-80H,5-9,26-34H2,1-4H3,(H,65,81)(H,66,82)(H,67,84)(H,68,83)(H,69,85)/t35-,36+,37+,45+,47+,48-,49+,50-,51-,52-,53-,54-,55-,56-,62+/m0/s1. The third kappa shape index (κ3) is 16.8. The molecule has 0 bridgehead atoms. The molecule has 25 nitrogen and oxygen atoms in total. The van der Waals surface area contributed by atoms with Crippen LogP contribution in [0.4, 0.5) is 0 Å². The number of ether oxygens (including phenoxy) is 2. The van der Waals surface area contributed by atoms with E-state index in [4.69, 9.17) is 9.47 Å². The van der Waals surface area contributed by atoms with E-state index in [1.165, 1.54) is 43.3 Å². The molecule has 482 valence electrons. The van der Waals surface area contributed by atoms with Crippen molar-refractivity contribution in [3.8, 4) is 33.8 Å². The summed E-state index contributed by atoms with van der Waals surface area (Å²) in [6, 6.07) is 15.4. The van der Waals surface area contributed by atoms with E-state index in [-0.39, 0.29) is 30.0 Å². The van der Waals surface area contributed by atoms with Gasteiger partial charge in [-0.05, 0) is 110 Å². The number of nitrogens with zero attached hydrogens (tertiary/aromatic N) is 3. The van der Waals surface area contributed by atoms with Gasteiger partial charge in [0.15, 0.2) is 6.23 Å². The molecular weight excluding hydrogens is 1150 g/mol. The third-order valence-electron chi connectivity index (χ3n) is 16.9. The fourth-order valence-corrected chi connectivity index (χ4v) is 11.7. The van der Waals surface area contributed by atoms with Crippen LogP contribution in [0.3, 0.4) is 0 Å². The SMILES string of the molecule is CCCCCOc1ccc(-c2ccc(-c3ccc(C(=O)N[C@@H]4C[C@@H](O)[C@@H](OCCN5CCCC5)NC(=O)[C@@H]5[C@@H](O)[C@@H](C)CN5C(=O)[C@H]([C@@H](C)O)NC(=O)[C@H]([C@H](O)[C@@H](O)c5ccc(O)cc5)NC(=O)[C@@H]5C[C@@H](O)CN5C(=O)[C@H]([C@@H](C)O)NC4=O)cc3)cc2)cc1. The van der Waals surface area contributed by atoms with Gasteiger partial charge in [0.2, 0.25) is 35.4 Å². The molecule has 4 fully saturated rings. The molecule has 8 rings (SSSR count). The predicted molar refractivity (Wildman–Crippen MR) is 323 cm³/mol. The highest BCUT2D eigenvalue weighted by atomic mass is 16.5. The van der Waals surface area contributed by atoms with E-state index in [2.05, 4.69) is 38.4 Å². The highest BCUT2D eigenvalue weighted by Crippen LogP contribution is 2.30. The van der Waals surface area contributed by atoms with Crippen molar-refractivity contribution >= 4 is 41.4 Å². The van der Waals surface area contributed by atoms with Crippen molar-refractivity contribution in [2.45, 2.75) is 158 Å². The lowest BCUT2D eigenvalue weighted by molar-refractivity contribution is -0.149. The van der Waals surface area contributed by atoms with Crippen LogP contribution < -0.4 is 31.3 Å². The Morgan fingerprint density at radius 1 is 0.640 bits per heavy atom. The zero-order valence-corrected chi connectivity index (χ0v) is 50.4. The van der Waals surface area contributed by atoms with E-state index in [0.29, 0.717) is 13.2 Å². The Hall–Kier alpha value is -7.59. The average molecular weight is 1240 g/mol. The molecule has 15 atom stereocenters. The van der Waals surface area contributed by atoms with Crippen LogP contribution >= 0.6 is 0 Å². The Morgan fingerprint density at radius 2 is 1.19 bits per heavy atom. The van der Waals surface area contributed by atoms with Crippen molar-refractivity contribution in [1.82, 2.24) is 41.3 Å². The minimum Gasteiger partial charge on any atom is -0.508 e. The number of likely N-dealkylation sites (tertiary alicyclic amines) is 1. The first-order valence-corrected chi connectivity index (χ1v) is 30.5. The smallest absolute Gasteiger partial charge is 0.251 e. The molecule has 0 aliphatic carbocycles. The van der Waals surface area contributed by atoms with Crippen LogP contribution in [0.25, 0.3) is 22.3 Å². The van der Waals surface area contributed by atoms with E-state index < -0.39 is 152 Å². The maximum Gasteiger partial charge on any atom is 0.251 e. The lowest BCUT2D eigenvalue weighted by Crippen LogP contribution is -2.64. The predicted octanol–water partition coefficient (Wildman–Crippen LogP) is 0.193. The van der Waals surface area contributed by atoms with E-state index in [1.807, 2.05) is 48.5 Å². The Kier molecular flexibility index (Phi) is 23.3. The van der Waals surface area contributed by atoms with Crippen molar-refractivity contribution in [2.24, 2.45) is 5.92 Å². The fraction of sp³-hybridized carbons (Fsp3) is 0.516. The number of benzene rings is 4. The quantitative estimate of drug-likeness (QED) is 0.0592. The highest BCUT2D eigenvalue weighted by Gasteiger charge is 2.50. The van der Waals surface area contributed by atoms with Crippen LogP contribution in [0, 0.1) is 5.92 Å². The second-order valence-corrected chi connectivity index (χ2v) is 23.7. The summed E-state index contributed by atoms with van der Waals surface area (Å²) in [7, 11) is 0. The summed E-state index contributed by atoms with van der Waals surface area (Å²) < 4.78 is 12.0. The van der Waals surface area contributed by atoms with Gasteiger partial charge in [-0.25, -0.2) is 0 Å². The zero-order valence-electron chi connectivity index (χ0n) is 50.4. The molecule has 0 aromatic heterocycles. The van der Waals surface area contributed by atoms with Gasteiger partial charge in [-0.15, -0.1) is 0 Å². The van der Waals surface area contributed by atoms with Crippen LogP contribution in [0.15, 0.2) is 97.1 Å². The summed E-state index contributed by atoms with van der Waals surface area (Å²) in [6.45, 7) is 7.39. The topological polar surface area (TPSA) is 370 Å². The van der Waals surface area contributed by atoms with Gasteiger partial charge in [-0.3, -0.25) is 33.6 Å². The molecule has 0 unspecified atom stereocenters. The molecule has 13 N–H and O–H groups in total. The van der Waals surface area contributed by atoms with Gasteiger partial charge >= 0.3 is 0 Å². The van der Waals surface area contributed by atoms with Crippen LogP contribution in [0.5, 0.6) is 11.5 Å². The largest absolute Gasteiger partial charge is 0.508 e. The summed E-state index contributed by atoms with van der Waals surface area (Å²) in [5, 5.41) is 103. The number of aromatic hydroxyl groups is 1. The minimum atomic E-state index is -2.28. The first-order chi connectivity index (χ1) is 42.5. The van der Waals surface area contributed by atoms with Gasteiger partial charge in [0, 0.05) is 44.0 Å². The van der Waals surface area contributed by atoms with Crippen LogP contribution in [-0.2, 0) is 33.5 Å². The Bertz CT molecular complexity index is 3060. The minimum absolute atomic E-state index is 0.0541. The Labute approximate surface area is 516 Å². The zero-order chi connectivity index (χ0) is 64.2. The lowest BCUT2D eigenvalue weighted by atomic mass is 9.96. The fourth-order valence-electron chi connectivity index (χ4n) is 11.7. The number of hydrogen-bond donors (Lipinski definition) is 13. The number of amides is 7. The number of hydrogen-bond acceptors (Lipinski definition) is 18. The van der Waals surface area contributed by atoms with Gasteiger partial charge in [-0.1, -0.05) is 87.4 Å². The first kappa shape index (κ1) is 67.3. The van der Waals surface area contributed by atoms with E-state index >= 15 is 0 Å². The van der Waals surface area contributed by atoms with Crippen LogP contribution in [0.2, 0.25) is 0 Å². The molecule has 4 aromatic rings. The number of aliphatic hydroxyl groups excluding tert-OH is 7. The summed E-state index contributed by atoms with van der Waals surface area (Å²) in [5.41, 5.74) is 3.50. The molecule has 0 radical (unpaired) electrons. The second kappa shape index (κ2) is 30.8. The molecule has 4 saturated heterocycles. The Balaban J connectivity index is 1.12. The summed E-state index contributed by atoms with van der Waals surface area (Å²) in [4.78, 5) is 106. The molecule has 4 aliphatic heterocycles. The van der Waals surface area contributed by atoms with Gasteiger partial charge < -0.3 is 91.6 Å². The summed E-state index contributed by atoms with van der Waals surface area (Å²) in [5.74, 6) is -8.17. The number of unbranched alkanes of at least 4 members (excludes halogenated alkanes) is 2. The number of carbonyl (C=O) groups is 7. The van der Waals surface area contributed by atoms with Gasteiger partial charge in [0.05, 0.1) is 37.6 Å². The third-order valence-corrected chi connectivity index (χ3v) is 16.9. The number of phenolic OH excluding ortho intramolecular Hbond substituents is 1. The molecule has 0 spiro atoms. The van der Waals surface area contributed by atoms with Gasteiger partial charge in [0.1, 0.15) is 66.1 Å². The average Bonchev–Trinajstić information content (AvgIpc) is 2.17. The molecule has 4 aromatic carbocycles.